The summed E-state index contributed by atoms with van der Waals surface area (Å²) in [5, 5.41) is 0. The second kappa shape index (κ2) is 5.37. The van der Waals surface area contributed by atoms with Crippen molar-refractivity contribution < 1.29 is 23.1 Å². The van der Waals surface area contributed by atoms with Crippen molar-refractivity contribution in [3.63, 3.8) is 0 Å². The molecule has 7 heteroatoms. The zero-order valence-electron chi connectivity index (χ0n) is 7.79. The Hall–Kier alpha value is -0.750. The maximum absolute atomic E-state index is 12.2. The summed E-state index contributed by atoms with van der Waals surface area (Å²) in [4.78, 5) is 23.1. The summed E-state index contributed by atoms with van der Waals surface area (Å²) in [7, 11) is 0. The topological polar surface area (TPSA) is 46.6 Å². The molecule has 0 aliphatic carbocycles. The molecule has 0 spiro atoms. The molecule has 1 fully saturated rings. The minimum atomic E-state index is -3.10. The second-order valence-corrected chi connectivity index (χ2v) is 3.29. The van der Waals surface area contributed by atoms with Crippen LogP contribution in [0.25, 0.3) is 0 Å². The lowest BCUT2D eigenvalue weighted by Gasteiger charge is -2.33. The molecule has 0 aromatic carbocycles. The summed E-state index contributed by atoms with van der Waals surface area (Å²) in [6, 6.07) is -0.974. The van der Waals surface area contributed by atoms with Crippen molar-refractivity contribution in [2.24, 2.45) is 0 Å². The molecule has 1 atom stereocenters. The standard InChI is InChI=1S/C8H10ClF2NO3/c9-3-6(13)5-4-15-2-1-12(5)8(14)7(10)11/h5,7H,1-4H2. The normalized spacial score (nSPS) is 21.9. The highest BCUT2D eigenvalue weighted by Gasteiger charge is 2.35. The van der Waals surface area contributed by atoms with Gasteiger partial charge in [-0.2, -0.15) is 8.78 Å². The van der Waals surface area contributed by atoms with E-state index in [2.05, 4.69) is 0 Å². The first kappa shape index (κ1) is 12.3. The van der Waals surface area contributed by atoms with E-state index >= 15 is 0 Å². The summed E-state index contributed by atoms with van der Waals surface area (Å²) in [5.41, 5.74) is 0. The van der Waals surface area contributed by atoms with E-state index in [9.17, 15) is 18.4 Å². The van der Waals surface area contributed by atoms with Crippen molar-refractivity contribution in [1.29, 1.82) is 0 Å². The third-order valence-corrected chi connectivity index (χ3v) is 2.37. The largest absolute Gasteiger partial charge is 0.377 e. The predicted molar refractivity (Wildman–Crippen MR) is 48.1 cm³/mol. The van der Waals surface area contributed by atoms with Crippen molar-refractivity contribution in [1.82, 2.24) is 4.90 Å². The van der Waals surface area contributed by atoms with Crippen LogP contribution in [0.2, 0.25) is 0 Å². The zero-order valence-corrected chi connectivity index (χ0v) is 8.54. The zero-order chi connectivity index (χ0) is 11.4. The molecule has 0 aromatic heterocycles. The molecular weight excluding hydrogens is 232 g/mol. The summed E-state index contributed by atoms with van der Waals surface area (Å²) >= 11 is 5.30. The van der Waals surface area contributed by atoms with Gasteiger partial charge in [-0.15, -0.1) is 11.6 Å². The Kier molecular flexibility index (Phi) is 4.41. The van der Waals surface area contributed by atoms with Crippen LogP contribution in [0.15, 0.2) is 0 Å². The van der Waals surface area contributed by atoms with Crippen LogP contribution in [0.4, 0.5) is 8.78 Å². The molecule has 86 valence electrons. The lowest BCUT2D eigenvalue weighted by molar-refractivity contribution is -0.155. The number of carbonyl (C=O) groups excluding carboxylic acids is 2. The quantitative estimate of drug-likeness (QED) is 0.667. The minimum Gasteiger partial charge on any atom is -0.377 e. The fourth-order valence-corrected chi connectivity index (χ4v) is 1.53. The first-order valence-corrected chi connectivity index (χ1v) is 4.86. The van der Waals surface area contributed by atoms with Gasteiger partial charge >= 0.3 is 6.43 Å². The van der Waals surface area contributed by atoms with E-state index in [1.54, 1.807) is 0 Å². The summed E-state index contributed by atoms with van der Waals surface area (Å²) in [6.07, 6.45) is -3.10. The number of alkyl halides is 3. The van der Waals surface area contributed by atoms with Crippen LogP contribution in [0.5, 0.6) is 0 Å². The van der Waals surface area contributed by atoms with Gasteiger partial charge in [-0.25, -0.2) is 0 Å². The van der Waals surface area contributed by atoms with Gasteiger partial charge in [0, 0.05) is 6.54 Å². The van der Waals surface area contributed by atoms with Gasteiger partial charge in [-0.05, 0) is 0 Å². The number of halogens is 3. The molecule has 1 rings (SSSR count). The Labute approximate surface area is 90.1 Å². The van der Waals surface area contributed by atoms with Gasteiger partial charge in [0.1, 0.15) is 6.04 Å². The molecule has 0 saturated carbocycles. The molecule has 1 saturated heterocycles. The Morgan fingerprint density at radius 1 is 1.53 bits per heavy atom. The summed E-state index contributed by atoms with van der Waals surface area (Å²) in [6.45, 7) is 0.0883. The number of carbonyl (C=O) groups is 2. The van der Waals surface area contributed by atoms with E-state index in [0.717, 1.165) is 4.90 Å². The maximum Gasteiger partial charge on any atom is 0.315 e. The molecule has 1 aliphatic heterocycles. The van der Waals surface area contributed by atoms with Gasteiger partial charge in [0.15, 0.2) is 5.78 Å². The Morgan fingerprint density at radius 2 is 2.20 bits per heavy atom. The van der Waals surface area contributed by atoms with Crippen molar-refractivity contribution in [3.8, 4) is 0 Å². The van der Waals surface area contributed by atoms with Gasteiger partial charge in [-0.3, -0.25) is 9.59 Å². The molecule has 15 heavy (non-hydrogen) atoms. The van der Waals surface area contributed by atoms with Crippen LogP contribution in [-0.4, -0.2) is 54.7 Å². The van der Waals surface area contributed by atoms with Crippen molar-refractivity contribution in [3.05, 3.63) is 0 Å². The highest BCUT2D eigenvalue weighted by atomic mass is 35.5. The van der Waals surface area contributed by atoms with Gasteiger partial charge in [-0.1, -0.05) is 0 Å². The van der Waals surface area contributed by atoms with Crippen LogP contribution in [0, 0.1) is 0 Å². The van der Waals surface area contributed by atoms with Gasteiger partial charge in [0.2, 0.25) is 0 Å². The van der Waals surface area contributed by atoms with Crippen LogP contribution in [-0.2, 0) is 14.3 Å². The summed E-state index contributed by atoms with van der Waals surface area (Å²) in [5.74, 6) is -2.15. The van der Waals surface area contributed by atoms with E-state index < -0.39 is 24.2 Å². The lowest BCUT2D eigenvalue weighted by Crippen LogP contribution is -2.54. The van der Waals surface area contributed by atoms with Crippen molar-refractivity contribution >= 4 is 23.3 Å². The minimum absolute atomic E-state index is 0.00350. The highest BCUT2D eigenvalue weighted by molar-refractivity contribution is 6.28. The number of hydrogen-bond acceptors (Lipinski definition) is 3. The van der Waals surface area contributed by atoms with Crippen LogP contribution >= 0.6 is 11.6 Å². The van der Waals surface area contributed by atoms with Crippen LogP contribution in [0.3, 0.4) is 0 Å². The smallest absolute Gasteiger partial charge is 0.315 e. The second-order valence-electron chi connectivity index (χ2n) is 3.02. The Bertz CT molecular complexity index is 262. The van der Waals surface area contributed by atoms with E-state index in [1.165, 1.54) is 0 Å². The van der Waals surface area contributed by atoms with E-state index in [-0.39, 0.29) is 25.6 Å². The third-order valence-electron chi connectivity index (χ3n) is 2.10. The number of amides is 1. The first-order chi connectivity index (χ1) is 7.07. The third kappa shape index (κ3) is 2.85. The molecule has 1 amide bonds. The van der Waals surface area contributed by atoms with Gasteiger partial charge in [0.05, 0.1) is 19.1 Å². The number of ether oxygens (including phenoxy) is 1. The van der Waals surface area contributed by atoms with Gasteiger partial charge < -0.3 is 9.64 Å². The fourth-order valence-electron chi connectivity index (χ4n) is 1.35. The average Bonchev–Trinajstić information content (AvgIpc) is 2.27. The monoisotopic (exact) mass is 241 g/mol. The highest BCUT2D eigenvalue weighted by Crippen LogP contribution is 2.12. The Morgan fingerprint density at radius 3 is 2.73 bits per heavy atom. The molecule has 1 heterocycles. The molecule has 0 N–H and O–H groups in total. The molecule has 4 nitrogen and oxygen atoms in total. The van der Waals surface area contributed by atoms with Crippen molar-refractivity contribution in [2.45, 2.75) is 12.5 Å². The molecule has 0 aromatic rings. The van der Waals surface area contributed by atoms with Crippen molar-refractivity contribution in [2.75, 3.05) is 25.6 Å². The SMILES string of the molecule is O=C(CCl)C1COCCN1C(=O)C(F)F. The van der Waals surface area contributed by atoms with Crippen LogP contribution in [0.1, 0.15) is 0 Å². The Balaban J connectivity index is 2.73. The number of nitrogens with zero attached hydrogens (tertiary/aromatic N) is 1. The molecule has 0 bridgehead atoms. The number of Topliss-reactive ketones (excluding diaryl/α,β-unsaturated/α-hetero) is 1. The maximum atomic E-state index is 12.2. The van der Waals surface area contributed by atoms with E-state index in [4.69, 9.17) is 16.3 Å². The first-order valence-electron chi connectivity index (χ1n) is 4.33. The summed E-state index contributed by atoms with van der Waals surface area (Å²) < 4.78 is 29.3. The number of ketones is 1. The molecule has 0 radical (unpaired) electrons. The molecule has 1 aliphatic rings. The predicted octanol–water partition coefficient (Wildman–Crippen LogP) is 0.287. The fraction of sp³-hybridized carbons (Fsp3) is 0.750. The average molecular weight is 242 g/mol. The molecule has 1 unspecified atom stereocenters. The van der Waals surface area contributed by atoms with Gasteiger partial charge in [0.25, 0.3) is 5.91 Å². The van der Waals surface area contributed by atoms with E-state index in [0.29, 0.717) is 0 Å². The number of hydrogen-bond donors (Lipinski definition) is 0. The number of rotatable bonds is 3. The van der Waals surface area contributed by atoms with Crippen LogP contribution < -0.4 is 0 Å². The lowest BCUT2D eigenvalue weighted by atomic mass is 10.1. The van der Waals surface area contributed by atoms with E-state index in [1.807, 2.05) is 0 Å². The molecular formula is C8H10ClF2NO3. The number of morpholine rings is 1.